The van der Waals surface area contributed by atoms with E-state index in [1.165, 1.54) is 6.07 Å². The molecular formula is C17H17ClN4O4. The van der Waals surface area contributed by atoms with Gasteiger partial charge in [0.1, 0.15) is 12.4 Å². The Balaban J connectivity index is 1.76. The molecule has 0 bridgehead atoms. The number of benzene rings is 1. The number of hydrogen-bond acceptors (Lipinski definition) is 5. The van der Waals surface area contributed by atoms with Crippen LogP contribution in [-0.2, 0) is 20.9 Å². The molecule has 1 aliphatic heterocycles. The van der Waals surface area contributed by atoms with Crippen LogP contribution in [0.25, 0.3) is 0 Å². The van der Waals surface area contributed by atoms with Gasteiger partial charge in [-0.15, -0.1) is 0 Å². The van der Waals surface area contributed by atoms with Crippen molar-refractivity contribution < 1.29 is 14.3 Å². The lowest BCUT2D eigenvalue weighted by Crippen LogP contribution is -2.52. The number of halogens is 1. The van der Waals surface area contributed by atoms with Gasteiger partial charge in [-0.2, -0.15) is 0 Å². The Labute approximate surface area is 153 Å². The quantitative estimate of drug-likeness (QED) is 0.723. The predicted molar refractivity (Wildman–Crippen MR) is 93.5 cm³/mol. The van der Waals surface area contributed by atoms with Crippen LogP contribution in [0.3, 0.4) is 0 Å². The number of nitrogens with one attached hydrogen (secondary N) is 3. The van der Waals surface area contributed by atoms with Crippen LogP contribution in [0.4, 0.5) is 0 Å². The minimum atomic E-state index is -0.948. The molecule has 1 aromatic carbocycles. The summed E-state index contributed by atoms with van der Waals surface area (Å²) in [5.74, 6) is -0.308. The largest absolute Gasteiger partial charge is 0.356 e. The summed E-state index contributed by atoms with van der Waals surface area (Å²) in [5.41, 5.74) is 0.720. The van der Waals surface area contributed by atoms with Crippen molar-refractivity contribution in [2.75, 3.05) is 6.61 Å². The van der Waals surface area contributed by atoms with Gasteiger partial charge in [0.25, 0.3) is 11.5 Å². The SMILES string of the molecule is Cc1nc(CNC(=O)[C@H]2OCC(=O)N[C@@H]2c2ccccc2Cl)cc(=O)[nH]1. The number of aryl methyl sites for hydroxylation is 1. The molecule has 0 saturated carbocycles. The first-order chi connectivity index (χ1) is 12.4. The maximum atomic E-state index is 12.6. The number of morpholine rings is 1. The molecule has 26 heavy (non-hydrogen) atoms. The maximum Gasteiger partial charge on any atom is 0.251 e. The Kier molecular flexibility index (Phi) is 5.34. The van der Waals surface area contributed by atoms with Gasteiger partial charge in [-0.05, 0) is 18.6 Å². The molecule has 2 atom stereocenters. The second-order valence-electron chi connectivity index (χ2n) is 5.84. The van der Waals surface area contributed by atoms with Crippen molar-refractivity contribution in [2.45, 2.75) is 25.6 Å². The number of aromatic amines is 1. The number of amides is 2. The van der Waals surface area contributed by atoms with Crippen molar-refractivity contribution in [3.05, 3.63) is 62.8 Å². The summed E-state index contributed by atoms with van der Waals surface area (Å²) >= 11 is 6.20. The van der Waals surface area contributed by atoms with E-state index >= 15 is 0 Å². The number of rotatable bonds is 4. The average molecular weight is 377 g/mol. The molecule has 8 nitrogen and oxygen atoms in total. The topological polar surface area (TPSA) is 113 Å². The van der Waals surface area contributed by atoms with E-state index in [0.29, 0.717) is 22.1 Å². The Morgan fingerprint density at radius 3 is 2.88 bits per heavy atom. The molecule has 136 valence electrons. The van der Waals surface area contributed by atoms with Crippen LogP contribution in [-0.4, -0.2) is 34.5 Å². The van der Waals surface area contributed by atoms with Crippen LogP contribution in [0.5, 0.6) is 0 Å². The van der Waals surface area contributed by atoms with Gasteiger partial charge >= 0.3 is 0 Å². The molecule has 2 amide bonds. The zero-order valence-electron chi connectivity index (χ0n) is 13.9. The fraction of sp³-hybridized carbons (Fsp3) is 0.294. The van der Waals surface area contributed by atoms with E-state index in [4.69, 9.17) is 16.3 Å². The third-order valence-electron chi connectivity index (χ3n) is 3.87. The number of hydrogen-bond donors (Lipinski definition) is 3. The summed E-state index contributed by atoms with van der Waals surface area (Å²) in [4.78, 5) is 42.5. The first kappa shape index (κ1) is 18.1. The van der Waals surface area contributed by atoms with Gasteiger partial charge in [0.05, 0.1) is 18.3 Å². The summed E-state index contributed by atoms with van der Waals surface area (Å²) in [6, 6.07) is 7.52. The fourth-order valence-electron chi connectivity index (χ4n) is 2.76. The van der Waals surface area contributed by atoms with E-state index < -0.39 is 18.1 Å². The van der Waals surface area contributed by atoms with Crippen molar-refractivity contribution >= 4 is 23.4 Å². The smallest absolute Gasteiger partial charge is 0.251 e. The van der Waals surface area contributed by atoms with Gasteiger partial charge in [-0.3, -0.25) is 14.4 Å². The van der Waals surface area contributed by atoms with Gasteiger partial charge < -0.3 is 20.4 Å². The van der Waals surface area contributed by atoms with Crippen molar-refractivity contribution in [1.82, 2.24) is 20.6 Å². The van der Waals surface area contributed by atoms with Crippen LogP contribution in [0, 0.1) is 6.92 Å². The zero-order valence-corrected chi connectivity index (χ0v) is 14.7. The molecule has 2 heterocycles. The summed E-state index contributed by atoms with van der Waals surface area (Å²) in [7, 11) is 0. The monoisotopic (exact) mass is 376 g/mol. The van der Waals surface area contributed by atoms with Crippen LogP contribution in [0.2, 0.25) is 5.02 Å². The van der Waals surface area contributed by atoms with Crippen LogP contribution in [0.1, 0.15) is 23.1 Å². The third kappa shape index (κ3) is 4.09. The average Bonchev–Trinajstić information content (AvgIpc) is 2.59. The van der Waals surface area contributed by atoms with Gasteiger partial charge in [-0.1, -0.05) is 29.8 Å². The second-order valence-corrected chi connectivity index (χ2v) is 6.25. The molecule has 1 fully saturated rings. The number of carbonyl (C=O) groups is 2. The summed E-state index contributed by atoms with van der Waals surface area (Å²) in [6.45, 7) is 1.49. The molecule has 0 radical (unpaired) electrons. The lowest BCUT2D eigenvalue weighted by atomic mass is 9.99. The fourth-order valence-corrected chi connectivity index (χ4v) is 3.01. The summed E-state index contributed by atoms with van der Waals surface area (Å²) in [5, 5.41) is 5.85. The molecular weight excluding hydrogens is 360 g/mol. The molecule has 1 saturated heterocycles. The molecule has 2 aromatic rings. The van der Waals surface area contributed by atoms with Crippen molar-refractivity contribution in [2.24, 2.45) is 0 Å². The lowest BCUT2D eigenvalue weighted by Gasteiger charge is -2.32. The first-order valence-electron chi connectivity index (χ1n) is 7.94. The molecule has 0 unspecified atom stereocenters. The van der Waals surface area contributed by atoms with E-state index in [9.17, 15) is 14.4 Å². The molecule has 1 aromatic heterocycles. The van der Waals surface area contributed by atoms with Crippen LogP contribution >= 0.6 is 11.6 Å². The minimum Gasteiger partial charge on any atom is -0.356 e. The highest BCUT2D eigenvalue weighted by molar-refractivity contribution is 6.31. The highest BCUT2D eigenvalue weighted by Gasteiger charge is 2.36. The standard InChI is InChI=1S/C17H17ClN4O4/c1-9-20-10(6-13(23)21-9)7-19-17(25)16-15(22-14(24)8-26-16)11-4-2-3-5-12(11)18/h2-6,15-16H,7-8H2,1H3,(H,19,25)(H,22,24)(H,20,21,23)/t15-,16+/m1/s1. The first-order valence-corrected chi connectivity index (χ1v) is 8.32. The number of nitrogens with zero attached hydrogens (tertiary/aromatic N) is 1. The Morgan fingerprint density at radius 1 is 1.38 bits per heavy atom. The van der Waals surface area contributed by atoms with E-state index in [1.54, 1.807) is 31.2 Å². The van der Waals surface area contributed by atoms with Gasteiger partial charge in [0.2, 0.25) is 5.91 Å². The number of aromatic nitrogens is 2. The van der Waals surface area contributed by atoms with Crippen molar-refractivity contribution in [3.63, 3.8) is 0 Å². The maximum absolute atomic E-state index is 12.6. The third-order valence-corrected chi connectivity index (χ3v) is 4.21. The normalized spacial score (nSPS) is 19.7. The molecule has 0 spiro atoms. The van der Waals surface area contributed by atoms with Crippen molar-refractivity contribution in [3.8, 4) is 0 Å². The Hall–Kier alpha value is -2.71. The lowest BCUT2D eigenvalue weighted by molar-refractivity contribution is -0.148. The van der Waals surface area contributed by atoms with Crippen LogP contribution < -0.4 is 16.2 Å². The highest BCUT2D eigenvalue weighted by Crippen LogP contribution is 2.28. The molecule has 9 heteroatoms. The molecule has 0 aliphatic carbocycles. The van der Waals surface area contributed by atoms with E-state index in [1.807, 2.05) is 0 Å². The van der Waals surface area contributed by atoms with E-state index in [0.717, 1.165) is 0 Å². The van der Waals surface area contributed by atoms with Gasteiger partial charge in [-0.25, -0.2) is 4.98 Å². The second kappa shape index (κ2) is 7.67. The van der Waals surface area contributed by atoms with E-state index in [-0.39, 0.29) is 24.6 Å². The Morgan fingerprint density at radius 2 is 2.15 bits per heavy atom. The zero-order chi connectivity index (χ0) is 18.7. The Bertz CT molecular complexity index is 898. The molecule has 1 aliphatic rings. The minimum absolute atomic E-state index is 0.0621. The number of H-pyrrole nitrogens is 1. The summed E-state index contributed by atoms with van der Waals surface area (Å²) in [6.07, 6.45) is -0.948. The molecule has 3 N–H and O–H groups in total. The highest BCUT2D eigenvalue weighted by atomic mass is 35.5. The summed E-state index contributed by atoms with van der Waals surface area (Å²) < 4.78 is 5.44. The predicted octanol–water partition coefficient (Wildman–Crippen LogP) is 0.604. The van der Waals surface area contributed by atoms with Crippen molar-refractivity contribution in [1.29, 1.82) is 0 Å². The van der Waals surface area contributed by atoms with Gasteiger partial charge in [0.15, 0.2) is 6.10 Å². The number of ether oxygens (including phenoxy) is 1. The van der Waals surface area contributed by atoms with Gasteiger partial charge in [0, 0.05) is 11.1 Å². The van der Waals surface area contributed by atoms with E-state index in [2.05, 4.69) is 20.6 Å². The van der Waals surface area contributed by atoms with Crippen LogP contribution in [0.15, 0.2) is 35.1 Å². The molecule has 3 rings (SSSR count). The number of carbonyl (C=O) groups excluding carboxylic acids is 2.